The van der Waals surface area contributed by atoms with Gasteiger partial charge in [0.2, 0.25) is 0 Å². The predicted molar refractivity (Wildman–Crippen MR) is 56.9 cm³/mol. The van der Waals surface area contributed by atoms with Crippen LogP contribution in [-0.2, 0) is 4.79 Å². The molecule has 0 N–H and O–H groups in total. The number of urea groups is 1. The van der Waals surface area contributed by atoms with Crippen molar-refractivity contribution in [3.05, 3.63) is 30.1 Å². The van der Waals surface area contributed by atoms with Gasteiger partial charge in [-0.2, -0.15) is 13.2 Å². The first-order chi connectivity index (χ1) is 8.78. The summed E-state index contributed by atoms with van der Waals surface area (Å²) in [6.45, 7) is -2.13. The average Bonchev–Trinajstić information content (AvgIpc) is 2.54. The third-order valence-corrected chi connectivity index (χ3v) is 2.49. The van der Waals surface area contributed by atoms with E-state index in [1.807, 2.05) is 0 Å². The Morgan fingerprint density at radius 1 is 1.11 bits per heavy atom. The Labute approximate surface area is 105 Å². The maximum absolute atomic E-state index is 12.7. The fraction of sp³-hybridized carbons (Fsp3) is 0.273. The molecule has 0 spiro atoms. The Kier molecular flexibility index (Phi) is 3.17. The molecule has 3 amide bonds. The molecule has 0 aliphatic carbocycles. The third-order valence-electron chi connectivity index (χ3n) is 2.49. The van der Waals surface area contributed by atoms with Crippen molar-refractivity contribution in [3.8, 4) is 0 Å². The number of rotatable bonds is 2. The lowest BCUT2D eigenvalue weighted by Crippen LogP contribution is -2.38. The summed E-state index contributed by atoms with van der Waals surface area (Å²) in [5.41, 5.74) is 0.0427. The lowest BCUT2D eigenvalue weighted by atomic mass is 10.3. The quantitative estimate of drug-likeness (QED) is 0.613. The number of carbonyl (C=O) groups excluding carboxylic acids is 2. The molecular formula is C11H8F4N2O2. The first kappa shape index (κ1) is 13.3. The highest BCUT2D eigenvalue weighted by Crippen LogP contribution is 2.24. The highest BCUT2D eigenvalue weighted by molar-refractivity contribution is 6.19. The number of anilines is 1. The van der Waals surface area contributed by atoms with E-state index in [-0.39, 0.29) is 5.69 Å². The van der Waals surface area contributed by atoms with Crippen molar-refractivity contribution in [2.75, 3.05) is 18.0 Å². The SMILES string of the molecule is O=C1CN(CC(F)(F)F)C(=O)N1c1ccc(F)cc1. The van der Waals surface area contributed by atoms with Crippen LogP contribution in [0.3, 0.4) is 0 Å². The molecule has 1 fully saturated rings. The topological polar surface area (TPSA) is 40.6 Å². The minimum Gasteiger partial charge on any atom is -0.306 e. The minimum absolute atomic E-state index is 0.0427. The van der Waals surface area contributed by atoms with Gasteiger partial charge in [-0.25, -0.2) is 14.1 Å². The van der Waals surface area contributed by atoms with Crippen molar-refractivity contribution in [2.24, 2.45) is 0 Å². The van der Waals surface area contributed by atoms with Gasteiger partial charge in [0.1, 0.15) is 18.9 Å². The van der Waals surface area contributed by atoms with Gasteiger partial charge in [0.25, 0.3) is 5.91 Å². The zero-order valence-electron chi connectivity index (χ0n) is 9.45. The maximum atomic E-state index is 12.7. The second kappa shape index (κ2) is 4.52. The normalized spacial score (nSPS) is 16.4. The summed E-state index contributed by atoms with van der Waals surface area (Å²) in [5.74, 6) is -1.35. The molecule has 0 radical (unpaired) electrons. The average molecular weight is 276 g/mol. The van der Waals surface area contributed by atoms with E-state index in [1.54, 1.807) is 0 Å². The van der Waals surface area contributed by atoms with Gasteiger partial charge in [-0.15, -0.1) is 0 Å². The number of alkyl halides is 3. The van der Waals surface area contributed by atoms with Crippen LogP contribution in [0.2, 0.25) is 0 Å². The third kappa shape index (κ3) is 2.83. The first-order valence-electron chi connectivity index (χ1n) is 5.22. The second-order valence-corrected chi connectivity index (χ2v) is 3.96. The Balaban J connectivity index is 2.21. The predicted octanol–water partition coefficient (Wildman–Crippen LogP) is 2.16. The number of hydrogen-bond donors (Lipinski definition) is 0. The molecule has 1 aliphatic heterocycles. The van der Waals surface area contributed by atoms with Crippen LogP contribution in [0.5, 0.6) is 0 Å². The maximum Gasteiger partial charge on any atom is 0.406 e. The Hall–Kier alpha value is -2.12. The van der Waals surface area contributed by atoms with E-state index in [0.29, 0.717) is 9.80 Å². The molecule has 4 nitrogen and oxygen atoms in total. The van der Waals surface area contributed by atoms with Crippen LogP contribution in [-0.4, -0.2) is 36.1 Å². The van der Waals surface area contributed by atoms with Crippen LogP contribution in [0.1, 0.15) is 0 Å². The molecule has 0 aromatic heterocycles. The molecule has 0 atom stereocenters. The summed E-state index contributed by atoms with van der Waals surface area (Å²) in [4.78, 5) is 24.3. The molecule has 8 heteroatoms. The van der Waals surface area contributed by atoms with Crippen LogP contribution in [0.25, 0.3) is 0 Å². The Morgan fingerprint density at radius 2 is 1.68 bits per heavy atom. The lowest BCUT2D eigenvalue weighted by molar-refractivity contribution is -0.139. The minimum atomic E-state index is -4.57. The van der Waals surface area contributed by atoms with Gasteiger partial charge in [0.15, 0.2) is 0 Å². The smallest absolute Gasteiger partial charge is 0.306 e. The van der Waals surface area contributed by atoms with Crippen LogP contribution < -0.4 is 4.90 Å². The molecule has 2 rings (SSSR count). The molecule has 1 aliphatic rings. The van der Waals surface area contributed by atoms with Gasteiger partial charge in [0.05, 0.1) is 5.69 Å². The van der Waals surface area contributed by atoms with Gasteiger partial charge in [0, 0.05) is 0 Å². The Morgan fingerprint density at radius 3 is 2.21 bits per heavy atom. The van der Waals surface area contributed by atoms with Crippen LogP contribution in [0.4, 0.5) is 28.0 Å². The molecule has 0 bridgehead atoms. The highest BCUT2D eigenvalue weighted by atomic mass is 19.4. The van der Waals surface area contributed by atoms with Crippen LogP contribution >= 0.6 is 0 Å². The summed E-state index contributed by atoms with van der Waals surface area (Å²) in [5, 5.41) is 0. The van der Waals surface area contributed by atoms with Gasteiger partial charge in [-0.3, -0.25) is 4.79 Å². The molecule has 0 saturated carbocycles. The van der Waals surface area contributed by atoms with E-state index >= 15 is 0 Å². The molecule has 1 saturated heterocycles. The van der Waals surface area contributed by atoms with Crippen molar-refractivity contribution in [2.45, 2.75) is 6.18 Å². The van der Waals surface area contributed by atoms with Crippen LogP contribution in [0.15, 0.2) is 24.3 Å². The van der Waals surface area contributed by atoms with Crippen molar-refractivity contribution in [1.29, 1.82) is 0 Å². The van der Waals surface area contributed by atoms with E-state index < -0.39 is 37.0 Å². The molecular weight excluding hydrogens is 268 g/mol. The van der Waals surface area contributed by atoms with Crippen molar-refractivity contribution in [3.63, 3.8) is 0 Å². The van der Waals surface area contributed by atoms with E-state index in [9.17, 15) is 27.2 Å². The summed E-state index contributed by atoms with van der Waals surface area (Å²) < 4.78 is 49.4. The molecule has 1 heterocycles. The van der Waals surface area contributed by atoms with Gasteiger partial charge in [-0.1, -0.05) is 0 Å². The van der Waals surface area contributed by atoms with Gasteiger partial charge in [-0.05, 0) is 24.3 Å². The van der Waals surface area contributed by atoms with Gasteiger partial charge >= 0.3 is 12.2 Å². The second-order valence-electron chi connectivity index (χ2n) is 3.96. The zero-order valence-corrected chi connectivity index (χ0v) is 9.45. The van der Waals surface area contributed by atoms with E-state index in [2.05, 4.69) is 0 Å². The Bertz CT molecular complexity index is 512. The summed E-state index contributed by atoms with van der Waals surface area (Å²) in [6, 6.07) is 3.28. The van der Waals surface area contributed by atoms with E-state index in [4.69, 9.17) is 0 Å². The molecule has 1 aromatic carbocycles. The first-order valence-corrected chi connectivity index (χ1v) is 5.22. The number of benzene rings is 1. The monoisotopic (exact) mass is 276 g/mol. The standard InChI is InChI=1S/C11H8F4N2O2/c12-7-1-3-8(4-2-7)17-9(18)5-16(10(17)19)6-11(13,14)15/h1-4H,5-6H2. The van der Waals surface area contributed by atoms with Crippen molar-refractivity contribution in [1.82, 2.24) is 4.90 Å². The number of nitrogens with zero attached hydrogens (tertiary/aromatic N) is 2. The molecule has 0 unspecified atom stereocenters. The molecule has 19 heavy (non-hydrogen) atoms. The van der Waals surface area contributed by atoms with E-state index in [1.165, 1.54) is 0 Å². The lowest BCUT2D eigenvalue weighted by Gasteiger charge is -2.18. The zero-order chi connectivity index (χ0) is 14.2. The number of carbonyl (C=O) groups is 2. The van der Waals surface area contributed by atoms with Crippen molar-refractivity contribution >= 4 is 17.6 Å². The molecule has 1 aromatic rings. The fourth-order valence-corrected chi connectivity index (χ4v) is 1.73. The number of imide groups is 1. The largest absolute Gasteiger partial charge is 0.406 e. The van der Waals surface area contributed by atoms with E-state index in [0.717, 1.165) is 24.3 Å². The number of amides is 3. The summed E-state index contributed by atoms with van der Waals surface area (Å²) in [6.07, 6.45) is -4.57. The van der Waals surface area contributed by atoms with Crippen LogP contribution in [0, 0.1) is 5.82 Å². The summed E-state index contributed by atoms with van der Waals surface area (Å²) >= 11 is 0. The highest BCUT2D eigenvalue weighted by Gasteiger charge is 2.42. The fourth-order valence-electron chi connectivity index (χ4n) is 1.73. The van der Waals surface area contributed by atoms with Gasteiger partial charge < -0.3 is 4.90 Å². The van der Waals surface area contributed by atoms with Crippen molar-refractivity contribution < 1.29 is 27.2 Å². The number of halogens is 4. The number of hydrogen-bond acceptors (Lipinski definition) is 2. The summed E-state index contributed by atoms with van der Waals surface area (Å²) in [7, 11) is 0. The molecule has 102 valence electrons.